The molecule has 1 amide bonds. The maximum absolute atomic E-state index is 13.0. The van der Waals surface area contributed by atoms with Crippen LogP contribution in [0.4, 0.5) is 11.5 Å². The molecule has 8 heteroatoms. The molecule has 1 saturated heterocycles. The van der Waals surface area contributed by atoms with Gasteiger partial charge in [0.1, 0.15) is 6.61 Å². The van der Waals surface area contributed by atoms with E-state index >= 15 is 0 Å². The van der Waals surface area contributed by atoms with E-state index in [4.69, 9.17) is 20.0 Å². The third kappa shape index (κ3) is 5.74. The number of benzene rings is 3. The molecule has 8 nitrogen and oxygen atoms in total. The fourth-order valence-electron chi connectivity index (χ4n) is 4.42. The van der Waals surface area contributed by atoms with Gasteiger partial charge in [0, 0.05) is 30.9 Å². The summed E-state index contributed by atoms with van der Waals surface area (Å²) < 4.78 is 6.03. The largest absolute Gasteiger partial charge is 0.474 e. The van der Waals surface area contributed by atoms with Gasteiger partial charge in [-0.25, -0.2) is 9.97 Å². The molecule has 3 aromatic carbocycles. The Balaban J connectivity index is 1.34. The zero-order chi connectivity index (χ0) is 26.5. The van der Waals surface area contributed by atoms with Gasteiger partial charge in [0.2, 0.25) is 0 Å². The molecule has 38 heavy (non-hydrogen) atoms. The third-order valence-corrected chi connectivity index (χ3v) is 6.55. The van der Waals surface area contributed by atoms with Crippen molar-refractivity contribution in [2.75, 3.05) is 50.6 Å². The van der Waals surface area contributed by atoms with E-state index in [1.807, 2.05) is 56.6 Å². The zero-order valence-electron chi connectivity index (χ0n) is 21.6. The lowest BCUT2D eigenvalue weighted by Gasteiger charge is -2.20. The molecule has 0 aliphatic carbocycles. The summed E-state index contributed by atoms with van der Waals surface area (Å²) in [5, 5.41) is 12.0. The average molecular weight is 507 g/mol. The van der Waals surface area contributed by atoms with Gasteiger partial charge in [-0.15, -0.1) is 0 Å². The molecule has 4 aromatic rings. The summed E-state index contributed by atoms with van der Waals surface area (Å²) in [6.45, 7) is 3.18. The second-order valence-electron chi connectivity index (χ2n) is 9.62. The summed E-state index contributed by atoms with van der Waals surface area (Å²) in [4.78, 5) is 26.9. The molecule has 0 atom stereocenters. The molecule has 0 bridgehead atoms. The SMILES string of the molecule is CN(C)CCOc1nc2ccc(NC(=O)c3ccc(-c4ccc(C#N)cc4)cc3)cc2nc1N1CCCC1. The van der Waals surface area contributed by atoms with E-state index in [0.29, 0.717) is 34.8 Å². The van der Waals surface area contributed by atoms with Crippen molar-refractivity contribution in [2.24, 2.45) is 0 Å². The molecule has 1 aliphatic rings. The van der Waals surface area contributed by atoms with Crippen molar-refractivity contribution in [1.82, 2.24) is 14.9 Å². The summed E-state index contributed by atoms with van der Waals surface area (Å²) in [5.74, 6) is 1.11. The van der Waals surface area contributed by atoms with E-state index in [0.717, 1.165) is 54.9 Å². The number of hydrogen-bond donors (Lipinski definition) is 1. The first-order valence-corrected chi connectivity index (χ1v) is 12.8. The second kappa shape index (κ2) is 11.3. The number of fused-ring (bicyclic) bond motifs is 1. The Labute approximate surface area is 222 Å². The van der Waals surface area contributed by atoms with Crippen LogP contribution in [0.25, 0.3) is 22.2 Å². The molecule has 1 fully saturated rings. The average Bonchev–Trinajstić information content (AvgIpc) is 3.48. The van der Waals surface area contributed by atoms with Crippen LogP contribution in [0.15, 0.2) is 66.7 Å². The van der Waals surface area contributed by atoms with Crippen LogP contribution < -0.4 is 15.0 Å². The van der Waals surface area contributed by atoms with Gasteiger partial charge in [-0.3, -0.25) is 4.79 Å². The Bertz CT molecular complexity index is 1470. The van der Waals surface area contributed by atoms with Gasteiger partial charge in [-0.05, 0) is 80.5 Å². The van der Waals surface area contributed by atoms with E-state index in [9.17, 15) is 4.79 Å². The van der Waals surface area contributed by atoms with Crippen LogP contribution in [-0.2, 0) is 0 Å². The number of likely N-dealkylation sites (N-methyl/N-ethyl adjacent to an activating group) is 1. The highest BCUT2D eigenvalue weighted by Gasteiger charge is 2.21. The smallest absolute Gasteiger partial charge is 0.258 e. The van der Waals surface area contributed by atoms with Crippen LogP contribution >= 0.6 is 0 Å². The van der Waals surface area contributed by atoms with Crippen LogP contribution in [0, 0.1) is 11.3 Å². The number of hydrogen-bond acceptors (Lipinski definition) is 7. The number of aromatic nitrogens is 2. The molecule has 1 N–H and O–H groups in total. The molecule has 1 aromatic heterocycles. The van der Waals surface area contributed by atoms with Crippen LogP contribution in [-0.4, -0.2) is 61.1 Å². The number of rotatable bonds is 8. The van der Waals surface area contributed by atoms with Crippen LogP contribution in [0.3, 0.4) is 0 Å². The van der Waals surface area contributed by atoms with Crippen LogP contribution in [0.1, 0.15) is 28.8 Å². The third-order valence-electron chi connectivity index (χ3n) is 6.55. The first-order valence-electron chi connectivity index (χ1n) is 12.8. The van der Waals surface area contributed by atoms with Gasteiger partial charge >= 0.3 is 0 Å². The maximum Gasteiger partial charge on any atom is 0.258 e. The topological polar surface area (TPSA) is 94.4 Å². The predicted octanol–water partition coefficient (Wildman–Crippen LogP) is 4.96. The molecule has 0 saturated carbocycles. The molecule has 0 radical (unpaired) electrons. The Hall–Kier alpha value is -4.48. The van der Waals surface area contributed by atoms with Crippen LogP contribution in [0.2, 0.25) is 0 Å². The summed E-state index contributed by atoms with van der Waals surface area (Å²) in [5.41, 5.74) is 5.22. The molecular formula is C30H30N6O2. The fraction of sp³-hybridized carbons (Fsp3) is 0.267. The van der Waals surface area contributed by atoms with E-state index in [-0.39, 0.29) is 5.91 Å². The molecule has 2 heterocycles. The van der Waals surface area contributed by atoms with E-state index in [1.165, 1.54) is 0 Å². The minimum atomic E-state index is -0.202. The van der Waals surface area contributed by atoms with Gasteiger partial charge in [-0.2, -0.15) is 5.26 Å². The summed E-state index contributed by atoms with van der Waals surface area (Å²) >= 11 is 0. The van der Waals surface area contributed by atoms with Crippen molar-refractivity contribution in [3.8, 4) is 23.1 Å². The number of nitrogens with zero attached hydrogens (tertiary/aromatic N) is 5. The highest BCUT2D eigenvalue weighted by atomic mass is 16.5. The number of nitriles is 1. The van der Waals surface area contributed by atoms with E-state index < -0.39 is 0 Å². The standard InChI is InChI=1S/C30H30N6O2/c1-35(2)17-18-38-30-28(36-15-3-4-16-36)33-27-19-25(13-14-26(27)34-30)32-29(37)24-11-9-23(10-12-24)22-7-5-21(20-31)6-8-22/h5-14,19H,3-4,15-18H2,1-2H3,(H,32,37). The number of nitrogens with one attached hydrogen (secondary N) is 1. The fourth-order valence-corrected chi connectivity index (χ4v) is 4.42. The van der Waals surface area contributed by atoms with Gasteiger partial charge in [0.15, 0.2) is 5.82 Å². The van der Waals surface area contributed by atoms with Crippen molar-refractivity contribution in [3.05, 3.63) is 77.9 Å². The Morgan fingerprint density at radius 1 is 0.974 bits per heavy atom. The Kier molecular flexibility index (Phi) is 7.47. The van der Waals surface area contributed by atoms with Crippen molar-refractivity contribution in [1.29, 1.82) is 5.26 Å². The number of carbonyl (C=O) groups excluding carboxylic acids is 1. The van der Waals surface area contributed by atoms with Crippen molar-refractivity contribution < 1.29 is 9.53 Å². The molecule has 5 rings (SSSR count). The van der Waals surface area contributed by atoms with E-state index in [1.54, 1.807) is 24.3 Å². The number of amides is 1. The minimum Gasteiger partial charge on any atom is -0.474 e. The second-order valence-corrected chi connectivity index (χ2v) is 9.62. The number of ether oxygens (including phenoxy) is 1. The Morgan fingerprint density at radius 2 is 1.66 bits per heavy atom. The highest BCUT2D eigenvalue weighted by Crippen LogP contribution is 2.31. The van der Waals surface area contributed by atoms with Crippen LogP contribution in [0.5, 0.6) is 5.88 Å². The van der Waals surface area contributed by atoms with Gasteiger partial charge in [-0.1, -0.05) is 24.3 Å². The first kappa shape index (κ1) is 25.2. The van der Waals surface area contributed by atoms with Gasteiger partial charge in [0.25, 0.3) is 11.8 Å². The zero-order valence-corrected chi connectivity index (χ0v) is 21.6. The lowest BCUT2D eigenvalue weighted by atomic mass is 10.0. The highest BCUT2D eigenvalue weighted by molar-refractivity contribution is 6.05. The normalized spacial score (nSPS) is 13.1. The summed E-state index contributed by atoms with van der Waals surface area (Å²) in [7, 11) is 4.02. The molecular weight excluding hydrogens is 476 g/mol. The van der Waals surface area contributed by atoms with Crippen molar-refractivity contribution in [2.45, 2.75) is 12.8 Å². The first-order chi connectivity index (χ1) is 18.5. The monoisotopic (exact) mass is 506 g/mol. The molecule has 1 aliphatic heterocycles. The lowest BCUT2D eigenvalue weighted by molar-refractivity contribution is 0.102. The van der Waals surface area contributed by atoms with Gasteiger partial charge in [0.05, 0.1) is 22.7 Å². The van der Waals surface area contributed by atoms with Crippen molar-refractivity contribution >= 4 is 28.4 Å². The molecule has 0 unspecified atom stereocenters. The van der Waals surface area contributed by atoms with E-state index in [2.05, 4.69) is 21.2 Å². The lowest BCUT2D eigenvalue weighted by Crippen LogP contribution is -2.23. The summed E-state index contributed by atoms with van der Waals surface area (Å²) in [6, 6.07) is 22.5. The number of anilines is 2. The predicted molar refractivity (Wildman–Crippen MR) is 150 cm³/mol. The maximum atomic E-state index is 13.0. The quantitative estimate of drug-likeness (QED) is 0.361. The summed E-state index contributed by atoms with van der Waals surface area (Å²) in [6.07, 6.45) is 2.24. The molecule has 0 spiro atoms. The van der Waals surface area contributed by atoms with Crippen molar-refractivity contribution in [3.63, 3.8) is 0 Å². The number of carbonyl (C=O) groups is 1. The Morgan fingerprint density at radius 3 is 2.32 bits per heavy atom. The van der Waals surface area contributed by atoms with Gasteiger partial charge < -0.3 is 19.9 Å². The molecule has 192 valence electrons. The minimum absolute atomic E-state index is 0.202.